The van der Waals surface area contributed by atoms with Crippen LogP contribution in [-0.2, 0) is 16.0 Å². The van der Waals surface area contributed by atoms with Gasteiger partial charge in [-0.05, 0) is 18.6 Å². The molecule has 0 radical (unpaired) electrons. The predicted octanol–water partition coefficient (Wildman–Crippen LogP) is 0.390. The first-order valence-electron chi connectivity index (χ1n) is 6.48. The van der Waals surface area contributed by atoms with Crippen LogP contribution >= 0.6 is 0 Å². The highest BCUT2D eigenvalue weighted by molar-refractivity contribution is 5.74. The molecular formula is C14H20N2O3. The Hall–Kier alpha value is -1.59. The second-order valence-electron chi connectivity index (χ2n) is 4.78. The molecule has 5 nitrogen and oxygen atoms in total. The van der Waals surface area contributed by atoms with E-state index in [-0.39, 0.29) is 12.7 Å². The summed E-state index contributed by atoms with van der Waals surface area (Å²) in [5.74, 6) is 0.548. The van der Waals surface area contributed by atoms with Crippen LogP contribution in [-0.4, -0.2) is 38.3 Å². The Morgan fingerprint density at radius 2 is 2.42 bits per heavy atom. The SMILES string of the molecule is Cc1ccc2c(c1)CC(CNCCOCC(N)=O)O2. The summed E-state index contributed by atoms with van der Waals surface area (Å²) in [7, 11) is 0. The van der Waals surface area contributed by atoms with Crippen LogP contribution in [0.1, 0.15) is 11.1 Å². The maximum absolute atomic E-state index is 10.5. The van der Waals surface area contributed by atoms with Crippen molar-refractivity contribution in [3.8, 4) is 5.75 Å². The number of ether oxygens (including phenoxy) is 2. The normalized spacial score (nSPS) is 17.0. The van der Waals surface area contributed by atoms with E-state index in [9.17, 15) is 4.79 Å². The van der Waals surface area contributed by atoms with Gasteiger partial charge in [0.05, 0.1) is 6.61 Å². The quantitative estimate of drug-likeness (QED) is 0.699. The molecule has 1 aromatic rings. The van der Waals surface area contributed by atoms with E-state index in [1.54, 1.807) is 0 Å². The molecule has 1 aromatic carbocycles. The van der Waals surface area contributed by atoms with Gasteiger partial charge in [0.25, 0.3) is 0 Å². The monoisotopic (exact) mass is 264 g/mol. The number of hydrogen-bond donors (Lipinski definition) is 2. The van der Waals surface area contributed by atoms with Gasteiger partial charge in [-0.15, -0.1) is 0 Å². The minimum Gasteiger partial charge on any atom is -0.488 e. The highest BCUT2D eigenvalue weighted by Crippen LogP contribution is 2.29. The molecule has 1 unspecified atom stereocenters. The molecule has 19 heavy (non-hydrogen) atoms. The molecule has 1 heterocycles. The first kappa shape index (κ1) is 13.8. The van der Waals surface area contributed by atoms with Crippen molar-refractivity contribution in [2.45, 2.75) is 19.4 Å². The van der Waals surface area contributed by atoms with Crippen LogP contribution in [0.4, 0.5) is 0 Å². The molecule has 2 rings (SSSR count). The van der Waals surface area contributed by atoms with E-state index < -0.39 is 5.91 Å². The van der Waals surface area contributed by atoms with Crippen molar-refractivity contribution in [3.63, 3.8) is 0 Å². The maximum Gasteiger partial charge on any atom is 0.243 e. The Bertz CT molecular complexity index is 448. The molecule has 104 valence electrons. The molecule has 0 saturated heterocycles. The van der Waals surface area contributed by atoms with Gasteiger partial charge in [0.15, 0.2) is 0 Å². The number of fused-ring (bicyclic) bond motifs is 1. The van der Waals surface area contributed by atoms with E-state index >= 15 is 0 Å². The Morgan fingerprint density at radius 1 is 1.58 bits per heavy atom. The predicted molar refractivity (Wildman–Crippen MR) is 72.2 cm³/mol. The largest absolute Gasteiger partial charge is 0.488 e. The number of primary amides is 1. The van der Waals surface area contributed by atoms with Crippen LogP contribution in [0.2, 0.25) is 0 Å². The van der Waals surface area contributed by atoms with Crippen molar-refractivity contribution >= 4 is 5.91 Å². The fourth-order valence-corrected chi connectivity index (χ4v) is 2.14. The van der Waals surface area contributed by atoms with Gasteiger partial charge in [-0.2, -0.15) is 0 Å². The summed E-state index contributed by atoms with van der Waals surface area (Å²) in [6.07, 6.45) is 1.11. The number of hydrogen-bond acceptors (Lipinski definition) is 4. The summed E-state index contributed by atoms with van der Waals surface area (Å²) in [4.78, 5) is 10.5. The van der Waals surface area contributed by atoms with Gasteiger partial charge in [0.2, 0.25) is 5.91 Å². The lowest BCUT2D eigenvalue weighted by atomic mass is 10.1. The molecule has 1 aliphatic heterocycles. The van der Waals surface area contributed by atoms with E-state index in [0.29, 0.717) is 13.2 Å². The van der Waals surface area contributed by atoms with E-state index in [2.05, 4.69) is 24.4 Å². The minimum absolute atomic E-state index is 0.0215. The summed E-state index contributed by atoms with van der Waals surface area (Å²) in [5.41, 5.74) is 7.50. The van der Waals surface area contributed by atoms with Gasteiger partial charge in [-0.3, -0.25) is 4.79 Å². The lowest BCUT2D eigenvalue weighted by molar-refractivity contribution is -0.122. The molecule has 3 N–H and O–H groups in total. The molecule has 0 saturated carbocycles. The summed E-state index contributed by atoms with van der Waals surface area (Å²) in [6.45, 7) is 3.99. The first-order valence-corrected chi connectivity index (χ1v) is 6.48. The van der Waals surface area contributed by atoms with Gasteiger partial charge in [-0.25, -0.2) is 0 Å². The van der Waals surface area contributed by atoms with Crippen LogP contribution in [0.3, 0.4) is 0 Å². The summed E-state index contributed by atoms with van der Waals surface area (Å²) in [6, 6.07) is 6.26. The standard InChI is InChI=1S/C14H20N2O3/c1-10-2-3-13-11(6-10)7-12(19-13)8-16-4-5-18-9-14(15)17/h2-3,6,12,16H,4-5,7-9H2,1H3,(H2,15,17). The molecule has 1 amide bonds. The molecule has 0 fully saturated rings. The third kappa shape index (κ3) is 4.22. The zero-order chi connectivity index (χ0) is 13.7. The van der Waals surface area contributed by atoms with E-state index in [4.69, 9.17) is 15.2 Å². The third-order valence-corrected chi connectivity index (χ3v) is 3.00. The number of aryl methyl sites for hydroxylation is 1. The van der Waals surface area contributed by atoms with Crippen molar-refractivity contribution in [2.75, 3.05) is 26.3 Å². The Labute approximate surface area is 113 Å². The van der Waals surface area contributed by atoms with Crippen molar-refractivity contribution in [1.29, 1.82) is 0 Å². The van der Waals surface area contributed by atoms with Crippen molar-refractivity contribution in [2.24, 2.45) is 5.73 Å². The first-order chi connectivity index (χ1) is 9.15. The van der Waals surface area contributed by atoms with E-state index in [0.717, 1.165) is 18.7 Å². The number of benzene rings is 1. The van der Waals surface area contributed by atoms with Crippen LogP contribution in [0.25, 0.3) is 0 Å². The molecule has 0 aromatic heterocycles. The third-order valence-electron chi connectivity index (χ3n) is 3.00. The Kier molecular flexibility index (Phi) is 4.76. The smallest absolute Gasteiger partial charge is 0.243 e. The van der Waals surface area contributed by atoms with Gasteiger partial charge in [0.1, 0.15) is 18.5 Å². The van der Waals surface area contributed by atoms with Crippen LogP contribution < -0.4 is 15.8 Å². The number of nitrogens with one attached hydrogen (secondary N) is 1. The van der Waals surface area contributed by atoms with Crippen molar-refractivity contribution in [1.82, 2.24) is 5.32 Å². The van der Waals surface area contributed by atoms with Crippen LogP contribution in [0.5, 0.6) is 5.75 Å². The average molecular weight is 264 g/mol. The van der Waals surface area contributed by atoms with Crippen LogP contribution in [0, 0.1) is 6.92 Å². The maximum atomic E-state index is 10.5. The second-order valence-corrected chi connectivity index (χ2v) is 4.78. The zero-order valence-corrected chi connectivity index (χ0v) is 11.1. The molecule has 5 heteroatoms. The van der Waals surface area contributed by atoms with Gasteiger partial charge < -0.3 is 20.5 Å². The molecule has 1 atom stereocenters. The second kappa shape index (κ2) is 6.54. The summed E-state index contributed by atoms with van der Waals surface area (Å²) >= 11 is 0. The molecule has 0 bridgehead atoms. The molecule has 1 aliphatic rings. The van der Waals surface area contributed by atoms with E-state index in [1.165, 1.54) is 11.1 Å². The van der Waals surface area contributed by atoms with E-state index in [1.807, 2.05) is 6.07 Å². The topological polar surface area (TPSA) is 73.6 Å². The van der Waals surface area contributed by atoms with Crippen molar-refractivity contribution in [3.05, 3.63) is 29.3 Å². The lowest BCUT2D eigenvalue weighted by Gasteiger charge is -2.11. The number of rotatable bonds is 7. The summed E-state index contributed by atoms with van der Waals surface area (Å²) < 4.78 is 10.9. The fraction of sp³-hybridized carbons (Fsp3) is 0.500. The molecule has 0 aliphatic carbocycles. The highest BCUT2D eigenvalue weighted by Gasteiger charge is 2.22. The average Bonchev–Trinajstić information content (AvgIpc) is 2.75. The zero-order valence-electron chi connectivity index (χ0n) is 11.1. The Morgan fingerprint density at radius 3 is 3.21 bits per heavy atom. The fourth-order valence-electron chi connectivity index (χ4n) is 2.14. The summed E-state index contributed by atoms with van der Waals surface area (Å²) in [5, 5.41) is 3.25. The van der Waals surface area contributed by atoms with Crippen molar-refractivity contribution < 1.29 is 14.3 Å². The number of carbonyl (C=O) groups is 1. The number of carbonyl (C=O) groups excluding carboxylic acids is 1. The number of nitrogens with two attached hydrogens (primary N) is 1. The molecular weight excluding hydrogens is 244 g/mol. The van der Waals surface area contributed by atoms with Gasteiger partial charge in [-0.1, -0.05) is 17.7 Å². The molecule has 0 spiro atoms. The van der Waals surface area contributed by atoms with Gasteiger partial charge >= 0.3 is 0 Å². The van der Waals surface area contributed by atoms with Gasteiger partial charge in [0, 0.05) is 19.5 Å². The van der Waals surface area contributed by atoms with Crippen LogP contribution in [0.15, 0.2) is 18.2 Å². The number of amides is 1. The minimum atomic E-state index is -0.440. The highest BCUT2D eigenvalue weighted by atomic mass is 16.5. The Balaban J connectivity index is 1.63. The lowest BCUT2D eigenvalue weighted by Crippen LogP contribution is -2.32.